The highest BCUT2D eigenvalue weighted by Gasteiger charge is 2.55. The lowest BCUT2D eigenvalue weighted by molar-refractivity contribution is -0.0345. The Bertz CT molecular complexity index is 1070. The molecule has 3 atom stereocenters. The summed E-state index contributed by atoms with van der Waals surface area (Å²) < 4.78 is 3.56. The molecule has 2 fully saturated rings. The molecule has 1 saturated heterocycles. The fraction of sp³-hybridized carbons (Fsp3) is 0.520. The molecule has 29 heavy (non-hydrogen) atoms. The van der Waals surface area contributed by atoms with Crippen molar-refractivity contribution in [1.29, 1.82) is 0 Å². The van der Waals surface area contributed by atoms with Gasteiger partial charge in [-0.3, -0.25) is 4.90 Å². The predicted octanol–water partition coefficient (Wildman–Crippen LogP) is 5.52. The van der Waals surface area contributed by atoms with Crippen LogP contribution in [0.2, 0.25) is 0 Å². The van der Waals surface area contributed by atoms with Gasteiger partial charge in [-0.05, 0) is 76.4 Å². The van der Waals surface area contributed by atoms with Gasteiger partial charge in [0.25, 0.3) is 0 Å². The Hall–Kier alpha value is -1.11. The summed E-state index contributed by atoms with van der Waals surface area (Å²) >= 11 is 2.38. The maximum absolute atomic E-state index is 11.1. The van der Waals surface area contributed by atoms with Crippen LogP contribution in [-0.4, -0.2) is 40.3 Å². The number of aliphatic hydroxyl groups is 1. The standard InChI is InChI=1S/C25H31IN2O/c1-24(2)17-10-11-25(24,3)16-27(13-17)14-19(29)15-28-22-7-5-4-6-20(22)21-12-18(26)8-9-23(21)28/h4-9,12,17,19,29H,10-11,13-16H2,1-3H3/t17-,19-,25-/m0/s1. The van der Waals surface area contributed by atoms with Gasteiger partial charge < -0.3 is 9.67 Å². The first-order chi connectivity index (χ1) is 13.8. The monoisotopic (exact) mass is 502 g/mol. The molecule has 1 N–H and O–H groups in total. The highest BCUT2D eigenvalue weighted by atomic mass is 127. The number of β-amino-alcohol motifs (C(OH)–C–C–N with tert-alkyl or cyclic N) is 1. The Labute approximate surface area is 187 Å². The van der Waals surface area contributed by atoms with Crippen LogP contribution in [-0.2, 0) is 6.54 Å². The van der Waals surface area contributed by atoms with Gasteiger partial charge in [-0.2, -0.15) is 0 Å². The Morgan fingerprint density at radius 1 is 1.07 bits per heavy atom. The molecule has 1 aliphatic carbocycles. The highest BCUT2D eigenvalue weighted by molar-refractivity contribution is 14.1. The smallest absolute Gasteiger partial charge is 0.0845 e. The van der Waals surface area contributed by atoms with Gasteiger partial charge in [-0.15, -0.1) is 0 Å². The van der Waals surface area contributed by atoms with Crippen molar-refractivity contribution < 1.29 is 5.11 Å². The van der Waals surface area contributed by atoms with E-state index in [1.54, 1.807) is 0 Å². The lowest BCUT2D eigenvalue weighted by Gasteiger charge is -2.50. The summed E-state index contributed by atoms with van der Waals surface area (Å²) in [6.45, 7) is 11.0. The van der Waals surface area contributed by atoms with Crippen molar-refractivity contribution >= 4 is 44.4 Å². The predicted molar refractivity (Wildman–Crippen MR) is 129 cm³/mol. The molecule has 2 aliphatic rings. The average Bonchev–Trinajstić information content (AvgIpc) is 2.98. The third kappa shape index (κ3) is 3.14. The van der Waals surface area contributed by atoms with Crippen LogP contribution in [0.25, 0.3) is 21.8 Å². The Kier molecular flexibility index (Phi) is 4.76. The summed E-state index contributed by atoms with van der Waals surface area (Å²) in [5.41, 5.74) is 3.23. The van der Waals surface area contributed by atoms with Crippen molar-refractivity contribution in [2.45, 2.75) is 46.3 Å². The fourth-order valence-electron chi connectivity index (χ4n) is 6.07. The van der Waals surface area contributed by atoms with E-state index in [2.05, 4.69) is 95.3 Å². The number of halogens is 1. The maximum atomic E-state index is 11.1. The van der Waals surface area contributed by atoms with Gasteiger partial charge >= 0.3 is 0 Å². The minimum Gasteiger partial charge on any atom is -0.390 e. The Morgan fingerprint density at radius 3 is 2.62 bits per heavy atom. The van der Waals surface area contributed by atoms with Crippen LogP contribution in [0.5, 0.6) is 0 Å². The van der Waals surface area contributed by atoms with Crippen molar-refractivity contribution in [3.8, 4) is 0 Å². The number of hydrogen-bond acceptors (Lipinski definition) is 2. The van der Waals surface area contributed by atoms with E-state index in [4.69, 9.17) is 0 Å². The van der Waals surface area contributed by atoms with E-state index in [9.17, 15) is 5.11 Å². The lowest BCUT2D eigenvalue weighted by atomic mass is 9.63. The van der Waals surface area contributed by atoms with Gasteiger partial charge in [0.05, 0.1) is 12.6 Å². The van der Waals surface area contributed by atoms with E-state index in [0.717, 1.165) is 25.6 Å². The third-order valence-electron chi connectivity index (χ3n) is 8.27. The van der Waals surface area contributed by atoms with Gasteiger partial charge in [0, 0.05) is 45.0 Å². The van der Waals surface area contributed by atoms with E-state index in [-0.39, 0.29) is 6.10 Å². The molecule has 1 aromatic heterocycles. The fourth-order valence-corrected chi connectivity index (χ4v) is 6.56. The van der Waals surface area contributed by atoms with Gasteiger partial charge in [0.1, 0.15) is 0 Å². The van der Waals surface area contributed by atoms with Crippen molar-refractivity contribution in [3.63, 3.8) is 0 Å². The van der Waals surface area contributed by atoms with Crippen LogP contribution < -0.4 is 0 Å². The van der Waals surface area contributed by atoms with Crippen LogP contribution in [0.4, 0.5) is 0 Å². The van der Waals surface area contributed by atoms with Gasteiger partial charge in [0.15, 0.2) is 0 Å². The lowest BCUT2D eigenvalue weighted by Crippen LogP contribution is -2.53. The summed E-state index contributed by atoms with van der Waals surface area (Å²) in [4.78, 5) is 2.53. The van der Waals surface area contributed by atoms with Crippen molar-refractivity contribution in [3.05, 3.63) is 46.0 Å². The van der Waals surface area contributed by atoms with Crippen LogP contribution in [0.1, 0.15) is 33.6 Å². The molecule has 2 aromatic carbocycles. The largest absolute Gasteiger partial charge is 0.390 e. The summed E-state index contributed by atoms with van der Waals surface area (Å²) in [5.74, 6) is 0.753. The first kappa shape index (κ1) is 19.8. The maximum Gasteiger partial charge on any atom is 0.0845 e. The molecule has 0 amide bonds. The number of fused-ring (bicyclic) bond motifs is 5. The number of aromatic nitrogens is 1. The Morgan fingerprint density at radius 2 is 1.83 bits per heavy atom. The molecule has 154 valence electrons. The summed E-state index contributed by atoms with van der Waals surface area (Å²) in [5, 5.41) is 13.6. The van der Waals surface area contributed by atoms with Gasteiger partial charge in [-0.1, -0.05) is 39.0 Å². The number of rotatable bonds is 4. The number of piperidine rings is 1. The number of aliphatic hydroxyl groups excluding tert-OH is 1. The third-order valence-corrected chi connectivity index (χ3v) is 8.94. The number of nitrogens with zero attached hydrogens (tertiary/aromatic N) is 2. The number of benzene rings is 2. The van der Waals surface area contributed by atoms with E-state index >= 15 is 0 Å². The molecule has 4 heteroatoms. The topological polar surface area (TPSA) is 28.4 Å². The molecule has 0 unspecified atom stereocenters. The minimum atomic E-state index is -0.363. The van der Waals surface area contributed by atoms with Gasteiger partial charge in [-0.25, -0.2) is 0 Å². The van der Waals surface area contributed by atoms with Crippen LogP contribution in [0, 0.1) is 20.3 Å². The first-order valence-electron chi connectivity index (χ1n) is 10.9. The second-order valence-corrected chi connectivity index (χ2v) is 11.4. The van der Waals surface area contributed by atoms with E-state index < -0.39 is 0 Å². The molecule has 3 nitrogen and oxygen atoms in total. The van der Waals surface area contributed by atoms with Crippen LogP contribution in [0.3, 0.4) is 0 Å². The molecule has 2 bridgehead atoms. The van der Waals surface area contributed by atoms with E-state index in [1.807, 2.05) is 0 Å². The molecule has 2 heterocycles. The molecular weight excluding hydrogens is 471 g/mol. The quantitative estimate of drug-likeness (QED) is 0.476. The zero-order chi connectivity index (χ0) is 20.4. The summed E-state index contributed by atoms with van der Waals surface area (Å²) in [7, 11) is 0. The van der Waals surface area contributed by atoms with Crippen molar-refractivity contribution in [2.24, 2.45) is 16.7 Å². The normalized spacial score (nSPS) is 27.7. The highest BCUT2D eigenvalue weighted by Crippen LogP contribution is 2.58. The minimum absolute atomic E-state index is 0.363. The van der Waals surface area contributed by atoms with Crippen LogP contribution >= 0.6 is 22.6 Å². The van der Waals surface area contributed by atoms with E-state index in [1.165, 1.54) is 38.2 Å². The molecule has 3 aromatic rings. The molecule has 0 radical (unpaired) electrons. The van der Waals surface area contributed by atoms with E-state index in [0.29, 0.717) is 17.4 Å². The van der Waals surface area contributed by atoms with Crippen molar-refractivity contribution in [1.82, 2.24) is 9.47 Å². The average molecular weight is 502 g/mol. The Balaban J connectivity index is 1.40. The summed E-state index contributed by atoms with van der Waals surface area (Å²) in [6, 6.07) is 15.2. The second kappa shape index (κ2) is 6.96. The molecule has 0 spiro atoms. The molecular formula is C25H31IN2O. The van der Waals surface area contributed by atoms with Crippen molar-refractivity contribution in [2.75, 3.05) is 19.6 Å². The SMILES string of the molecule is CC1(C)[C@H]2CC[C@@]1(C)CN(C[C@H](O)Cn1c3ccccc3c3cc(I)ccc31)C2. The first-order valence-corrected chi connectivity index (χ1v) is 11.9. The number of para-hydroxylation sites is 1. The molecule has 1 aliphatic heterocycles. The molecule has 5 rings (SSSR count). The zero-order valence-corrected chi connectivity index (χ0v) is 19.8. The number of likely N-dealkylation sites (tertiary alicyclic amines) is 1. The summed E-state index contributed by atoms with van der Waals surface area (Å²) in [6.07, 6.45) is 2.29. The van der Waals surface area contributed by atoms with Crippen LogP contribution in [0.15, 0.2) is 42.5 Å². The second-order valence-electron chi connectivity index (χ2n) is 10.2. The van der Waals surface area contributed by atoms with Gasteiger partial charge in [0.2, 0.25) is 0 Å². The zero-order valence-electron chi connectivity index (χ0n) is 17.7. The number of hydrogen-bond donors (Lipinski definition) is 1. The molecule has 1 saturated carbocycles.